The van der Waals surface area contributed by atoms with Crippen molar-refractivity contribution in [1.29, 1.82) is 5.26 Å². The molecule has 1 amide bonds. The average Bonchev–Trinajstić information content (AvgIpc) is 2.84. The van der Waals surface area contributed by atoms with E-state index in [9.17, 15) is 4.79 Å². The predicted octanol–water partition coefficient (Wildman–Crippen LogP) is 1.73. The molecule has 0 saturated carbocycles. The van der Waals surface area contributed by atoms with Gasteiger partial charge in [-0.15, -0.1) is 0 Å². The van der Waals surface area contributed by atoms with Gasteiger partial charge in [-0.25, -0.2) is 0 Å². The van der Waals surface area contributed by atoms with Crippen LogP contribution in [0.5, 0.6) is 0 Å². The van der Waals surface area contributed by atoms with Gasteiger partial charge >= 0.3 is 0 Å². The molecule has 6 heteroatoms. The first kappa shape index (κ1) is 13.6. The standard InChI is InChI=1S/C14H15N5O/c1-10(16-13-7-8-19(2)18-13)14(20)17-12-6-4-3-5-11(12)9-15/h3-8,10H,1-2H3,(H,16,18)(H,17,20). The van der Waals surface area contributed by atoms with Crippen molar-refractivity contribution in [3.8, 4) is 6.07 Å². The van der Waals surface area contributed by atoms with Gasteiger partial charge in [0.05, 0.1) is 11.3 Å². The van der Waals surface area contributed by atoms with E-state index >= 15 is 0 Å². The highest BCUT2D eigenvalue weighted by molar-refractivity contribution is 5.97. The van der Waals surface area contributed by atoms with Gasteiger partial charge in [-0.3, -0.25) is 9.48 Å². The highest BCUT2D eigenvalue weighted by Crippen LogP contribution is 2.14. The average molecular weight is 269 g/mol. The first-order chi connectivity index (χ1) is 9.60. The van der Waals surface area contributed by atoms with Crippen molar-refractivity contribution in [2.24, 2.45) is 7.05 Å². The van der Waals surface area contributed by atoms with E-state index in [0.29, 0.717) is 17.1 Å². The second kappa shape index (κ2) is 5.89. The zero-order chi connectivity index (χ0) is 14.5. The number of nitrogens with one attached hydrogen (secondary N) is 2. The van der Waals surface area contributed by atoms with Gasteiger partial charge < -0.3 is 10.6 Å². The first-order valence-corrected chi connectivity index (χ1v) is 6.16. The number of hydrogen-bond donors (Lipinski definition) is 2. The van der Waals surface area contributed by atoms with Crippen molar-refractivity contribution in [1.82, 2.24) is 9.78 Å². The molecule has 1 aromatic heterocycles. The normalized spacial score (nSPS) is 11.4. The zero-order valence-corrected chi connectivity index (χ0v) is 11.3. The third kappa shape index (κ3) is 3.14. The maximum atomic E-state index is 12.1. The van der Waals surface area contributed by atoms with Crippen LogP contribution in [0.4, 0.5) is 11.5 Å². The van der Waals surface area contributed by atoms with Gasteiger partial charge in [-0.05, 0) is 19.1 Å². The quantitative estimate of drug-likeness (QED) is 0.885. The number of aromatic nitrogens is 2. The Morgan fingerprint density at radius 3 is 2.80 bits per heavy atom. The van der Waals surface area contributed by atoms with Crippen LogP contribution in [-0.4, -0.2) is 21.7 Å². The monoisotopic (exact) mass is 269 g/mol. The molecule has 0 radical (unpaired) electrons. The lowest BCUT2D eigenvalue weighted by molar-refractivity contribution is -0.116. The minimum atomic E-state index is -0.461. The molecule has 0 aliphatic carbocycles. The molecule has 102 valence electrons. The number of carbonyl (C=O) groups is 1. The summed E-state index contributed by atoms with van der Waals surface area (Å²) in [5.74, 6) is 0.405. The molecule has 0 aliphatic rings. The van der Waals surface area contributed by atoms with E-state index < -0.39 is 6.04 Å². The summed E-state index contributed by atoms with van der Waals surface area (Å²) in [5, 5.41) is 18.8. The number of anilines is 2. The molecule has 1 atom stereocenters. The maximum Gasteiger partial charge on any atom is 0.246 e. The SMILES string of the molecule is CC(Nc1ccn(C)n1)C(=O)Nc1ccccc1C#N. The number of hydrogen-bond acceptors (Lipinski definition) is 4. The van der Waals surface area contributed by atoms with Gasteiger partial charge in [0.1, 0.15) is 17.9 Å². The predicted molar refractivity (Wildman–Crippen MR) is 76.1 cm³/mol. The van der Waals surface area contributed by atoms with Crippen molar-refractivity contribution >= 4 is 17.4 Å². The van der Waals surface area contributed by atoms with Crippen LogP contribution in [0.15, 0.2) is 36.5 Å². The second-order valence-corrected chi connectivity index (χ2v) is 4.39. The van der Waals surface area contributed by atoms with Crippen molar-refractivity contribution < 1.29 is 4.79 Å². The Morgan fingerprint density at radius 1 is 1.40 bits per heavy atom. The van der Waals surface area contributed by atoms with Crippen LogP contribution in [-0.2, 0) is 11.8 Å². The Bertz CT molecular complexity index is 656. The van der Waals surface area contributed by atoms with Gasteiger partial charge in [0, 0.05) is 19.3 Å². The summed E-state index contributed by atoms with van der Waals surface area (Å²) in [6.45, 7) is 1.74. The summed E-state index contributed by atoms with van der Waals surface area (Å²) in [4.78, 5) is 12.1. The van der Waals surface area contributed by atoms with Crippen LogP contribution in [0, 0.1) is 11.3 Å². The maximum absolute atomic E-state index is 12.1. The summed E-state index contributed by atoms with van der Waals surface area (Å²) in [5.41, 5.74) is 0.945. The molecule has 1 aromatic carbocycles. The number of amides is 1. The fourth-order valence-corrected chi connectivity index (χ4v) is 1.71. The molecule has 0 saturated heterocycles. The molecule has 2 aromatic rings. The van der Waals surface area contributed by atoms with Gasteiger partial charge in [0.25, 0.3) is 0 Å². The summed E-state index contributed by atoms with van der Waals surface area (Å²) in [6, 6.07) is 10.2. The minimum absolute atomic E-state index is 0.224. The molecule has 2 N–H and O–H groups in total. The highest BCUT2D eigenvalue weighted by Gasteiger charge is 2.15. The van der Waals surface area contributed by atoms with Crippen LogP contribution in [0.3, 0.4) is 0 Å². The summed E-state index contributed by atoms with van der Waals surface area (Å²) < 4.78 is 1.65. The zero-order valence-electron chi connectivity index (χ0n) is 11.3. The molecule has 20 heavy (non-hydrogen) atoms. The summed E-state index contributed by atoms with van der Waals surface area (Å²) >= 11 is 0. The van der Waals surface area contributed by atoms with Gasteiger partial charge in [0.15, 0.2) is 0 Å². The Labute approximate surface area is 117 Å². The van der Waals surface area contributed by atoms with Crippen LogP contribution in [0.25, 0.3) is 0 Å². The Hall–Kier alpha value is -2.81. The van der Waals surface area contributed by atoms with Gasteiger partial charge in [0.2, 0.25) is 5.91 Å². The van der Waals surface area contributed by atoms with E-state index in [1.54, 1.807) is 55.2 Å². The van der Waals surface area contributed by atoms with Crippen LogP contribution >= 0.6 is 0 Å². The lowest BCUT2D eigenvalue weighted by atomic mass is 10.2. The molecule has 0 bridgehead atoms. The van der Waals surface area contributed by atoms with Crippen molar-refractivity contribution in [3.63, 3.8) is 0 Å². The Balaban J connectivity index is 2.02. The number of aryl methyl sites for hydroxylation is 1. The first-order valence-electron chi connectivity index (χ1n) is 6.16. The molecular weight excluding hydrogens is 254 g/mol. The van der Waals surface area contributed by atoms with Gasteiger partial charge in [-0.1, -0.05) is 12.1 Å². The third-order valence-electron chi connectivity index (χ3n) is 2.78. The topological polar surface area (TPSA) is 82.7 Å². The molecule has 6 nitrogen and oxygen atoms in total. The van der Waals surface area contributed by atoms with E-state index in [1.807, 2.05) is 6.07 Å². The Morgan fingerprint density at radius 2 is 2.15 bits per heavy atom. The Kier molecular flexibility index (Phi) is 4.01. The number of carbonyl (C=O) groups excluding carboxylic acids is 1. The lowest BCUT2D eigenvalue weighted by Crippen LogP contribution is -2.32. The number of para-hydroxylation sites is 1. The minimum Gasteiger partial charge on any atom is -0.357 e. The fraction of sp³-hybridized carbons (Fsp3) is 0.214. The van der Waals surface area contributed by atoms with Crippen LogP contribution in [0.1, 0.15) is 12.5 Å². The fourth-order valence-electron chi connectivity index (χ4n) is 1.71. The number of benzene rings is 1. The van der Waals surface area contributed by atoms with Crippen LogP contribution < -0.4 is 10.6 Å². The van der Waals surface area contributed by atoms with Gasteiger partial charge in [-0.2, -0.15) is 10.4 Å². The molecule has 1 heterocycles. The highest BCUT2D eigenvalue weighted by atomic mass is 16.2. The van der Waals surface area contributed by atoms with Crippen molar-refractivity contribution in [2.75, 3.05) is 10.6 Å². The second-order valence-electron chi connectivity index (χ2n) is 4.39. The number of rotatable bonds is 4. The van der Waals surface area contributed by atoms with E-state index in [4.69, 9.17) is 5.26 Å². The smallest absolute Gasteiger partial charge is 0.246 e. The van der Waals surface area contributed by atoms with E-state index in [1.165, 1.54) is 0 Å². The lowest BCUT2D eigenvalue weighted by Gasteiger charge is -2.14. The summed E-state index contributed by atoms with van der Waals surface area (Å²) in [7, 11) is 1.80. The van der Waals surface area contributed by atoms with E-state index in [-0.39, 0.29) is 5.91 Å². The molecule has 0 spiro atoms. The molecule has 1 unspecified atom stereocenters. The van der Waals surface area contributed by atoms with E-state index in [2.05, 4.69) is 15.7 Å². The largest absolute Gasteiger partial charge is 0.357 e. The van der Waals surface area contributed by atoms with Crippen LogP contribution in [0.2, 0.25) is 0 Å². The third-order valence-corrected chi connectivity index (χ3v) is 2.78. The molecular formula is C14H15N5O. The molecule has 0 aliphatic heterocycles. The molecule has 2 rings (SSSR count). The van der Waals surface area contributed by atoms with E-state index in [0.717, 1.165) is 0 Å². The van der Waals surface area contributed by atoms with Crippen molar-refractivity contribution in [3.05, 3.63) is 42.1 Å². The summed E-state index contributed by atoms with van der Waals surface area (Å²) in [6.07, 6.45) is 1.79. The molecule has 0 fully saturated rings. The number of nitriles is 1. The van der Waals surface area contributed by atoms with Crippen molar-refractivity contribution in [2.45, 2.75) is 13.0 Å². The number of nitrogens with zero attached hydrogens (tertiary/aromatic N) is 3.